The molecule has 2 N–H and O–H groups in total. The maximum Gasteiger partial charge on any atom is 0.124 e. The highest BCUT2D eigenvalue weighted by Gasteiger charge is 2.29. The third-order valence-electron chi connectivity index (χ3n) is 3.22. The van der Waals surface area contributed by atoms with E-state index in [1.807, 2.05) is 0 Å². The van der Waals surface area contributed by atoms with Gasteiger partial charge >= 0.3 is 0 Å². The molecule has 1 aromatic rings. The summed E-state index contributed by atoms with van der Waals surface area (Å²) < 4.78 is 6.05. The molecule has 2 rings (SSSR count). The summed E-state index contributed by atoms with van der Waals surface area (Å²) >= 11 is 0. The number of benzene rings is 1. The molecule has 17 heavy (non-hydrogen) atoms. The van der Waals surface area contributed by atoms with Crippen molar-refractivity contribution in [2.75, 3.05) is 0 Å². The van der Waals surface area contributed by atoms with Gasteiger partial charge in [0.1, 0.15) is 11.9 Å². The number of fused-ring (bicyclic) bond motifs is 1. The maximum atomic E-state index is 6.24. The summed E-state index contributed by atoms with van der Waals surface area (Å²) in [6.07, 6.45) is 2.22. The molecular weight excluding hydrogens is 210 g/mol. The van der Waals surface area contributed by atoms with Gasteiger partial charge in [0.05, 0.1) is 0 Å². The number of hydrogen-bond donors (Lipinski definition) is 1. The average molecular weight is 233 g/mol. The fraction of sp³-hybridized carbons (Fsp3) is 0.600. The van der Waals surface area contributed by atoms with Crippen LogP contribution in [0.2, 0.25) is 0 Å². The Morgan fingerprint density at radius 2 is 2.06 bits per heavy atom. The SMILES string of the molecule is Cc1ccc2c(c1)[C@H](N)CC(CC(C)(C)C)O2. The molecule has 0 amide bonds. The molecule has 2 atom stereocenters. The summed E-state index contributed by atoms with van der Waals surface area (Å²) in [5.41, 5.74) is 8.94. The van der Waals surface area contributed by atoms with Crippen molar-refractivity contribution in [3.05, 3.63) is 29.3 Å². The minimum atomic E-state index is 0.117. The first-order valence-electron chi connectivity index (χ1n) is 6.38. The van der Waals surface area contributed by atoms with Gasteiger partial charge in [-0.25, -0.2) is 0 Å². The van der Waals surface area contributed by atoms with Gasteiger partial charge in [-0.1, -0.05) is 38.5 Å². The summed E-state index contributed by atoms with van der Waals surface area (Å²) in [4.78, 5) is 0. The molecule has 1 unspecified atom stereocenters. The zero-order valence-corrected chi connectivity index (χ0v) is 11.3. The van der Waals surface area contributed by atoms with Crippen LogP contribution in [-0.2, 0) is 0 Å². The second-order valence-electron chi connectivity index (χ2n) is 6.39. The van der Waals surface area contributed by atoms with Crippen LogP contribution in [0.3, 0.4) is 0 Å². The fourth-order valence-electron chi connectivity index (χ4n) is 2.51. The molecule has 0 bridgehead atoms. The normalized spacial score (nSPS) is 24.1. The Morgan fingerprint density at radius 3 is 2.71 bits per heavy atom. The van der Waals surface area contributed by atoms with Gasteiger partial charge in [-0.15, -0.1) is 0 Å². The van der Waals surface area contributed by atoms with Gasteiger partial charge in [-0.2, -0.15) is 0 Å². The number of ether oxygens (including phenoxy) is 1. The minimum Gasteiger partial charge on any atom is -0.490 e. The van der Waals surface area contributed by atoms with Crippen molar-refractivity contribution in [1.82, 2.24) is 0 Å². The van der Waals surface area contributed by atoms with Crippen LogP contribution in [0.15, 0.2) is 18.2 Å². The molecule has 0 aliphatic carbocycles. The molecule has 1 aliphatic heterocycles. The highest BCUT2D eigenvalue weighted by atomic mass is 16.5. The lowest BCUT2D eigenvalue weighted by atomic mass is 9.85. The molecule has 1 aliphatic rings. The van der Waals surface area contributed by atoms with E-state index in [1.54, 1.807) is 0 Å². The molecular formula is C15H23NO. The highest BCUT2D eigenvalue weighted by molar-refractivity contribution is 5.40. The molecule has 94 valence electrons. The Hall–Kier alpha value is -1.02. The van der Waals surface area contributed by atoms with Gasteiger partial charge in [0.2, 0.25) is 0 Å². The monoisotopic (exact) mass is 233 g/mol. The smallest absolute Gasteiger partial charge is 0.124 e. The van der Waals surface area contributed by atoms with E-state index < -0.39 is 0 Å². The van der Waals surface area contributed by atoms with Crippen LogP contribution in [0.25, 0.3) is 0 Å². The van der Waals surface area contributed by atoms with Crippen LogP contribution >= 0.6 is 0 Å². The number of aryl methyl sites for hydroxylation is 1. The maximum absolute atomic E-state index is 6.24. The highest BCUT2D eigenvalue weighted by Crippen LogP contribution is 2.37. The predicted molar refractivity (Wildman–Crippen MR) is 71.2 cm³/mol. The quantitative estimate of drug-likeness (QED) is 0.804. The van der Waals surface area contributed by atoms with E-state index in [-0.39, 0.29) is 17.6 Å². The first kappa shape index (κ1) is 12.4. The molecule has 1 aromatic carbocycles. The Bertz CT molecular complexity index is 406. The van der Waals surface area contributed by atoms with Crippen LogP contribution in [0.5, 0.6) is 5.75 Å². The van der Waals surface area contributed by atoms with Gasteiger partial charge in [0.15, 0.2) is 0 Å². The molecule has 0 radical (unpaired) electrons. The van der Waals surface area contributed by atoms with Crippen LogP contribution in [-0.4, -0.2) is 6.10 Å². The zero-order chi connectivity index (χ0) is 12.6. The number of hydrogen-bond acceptors (Lipinski definition) is 2. The summed E-state index contributed by atoms with van der Waals surface area (Å²) in [5, 5.41) is 0. The molecule has 2 nitrogen and oxygen atoms in total. The molecule has 0 aromatic heterocycles. The fourth-order valence-corrected chi connectivity index (χ4v) is 2.51. The van der Waals surface area contributed by atoms with E-state index in [0.717, 1.165) is 24.2 Å². The van der Waals surface area contributed by atoms with E-state index in [0.29, 0.717) is 0 Å². The van der Waals surface area contributed by atoms with Crippen LogP contribution < -0.4 is 10.5 Å². The lowest BCUT2D eigenvalue weighted by Crippen LogP contribution is -2.32. The summed E-state index contributed by atoms with van der Waals surface area (Å²) in [7, 11) is 0. The third kappa shape index (κ3) is 3.01. The second kappa shape index (κ2) is 4.34. The molecule has 1 heterocycles. The lowest BCUT2D eigenvalue weighted by molar-refractivity contribution is 0.112. The summed E-state index contributed by atoms with van der Waals surface area (Å²) in [6.45, 7) is 8.82. The average Bonchev–Trinajstić information content (AvgIpc) is 2.17. The van der Waals surface area contributed by atoms with Gasteiger partial charge in [0, 0.05) is 18.0 Å². The van der Waals surface area contributed by atoms with Crippen LogP contribution in [0.1, 0.15) is 50.8 Å². The van der Waals surface area contributed by atoms with Crippen LogP contribution in [0, 0.1) is 12.3 Å². The second-order valence-corrected chi connectivity index (χ2v) is 6.39. The minimum absolute atomic E-state index is 0.117. The third-order valence-corrected chi connectivity index (χ3v) is 3.22. The van der Waals surface area contributed by atoms with E-state index in [9.17, 15) is 0 Å². The van der Waals surface area contributed by atoms with Gasteiger partial charge < -0.3 is 10.5 Å². The van der Waals surface area contributed by atoms with Gasteiger partial charge in [-0.3, -0.25) is 0 Å². The van der Waals surface area contributed by atoms with E-state index in [1.165, 1.54) is 5.56 Å². The summed E-state index contributed by atoms with van der Waals surface area (Å²) in [5.74, 6) is 0.976. The molecule has 0 saturated carbocycles. The summed E-state index contributed by atoms with van der Waals surface area (Å²) in [6, 6.07) is 6.41. The predicted octanol–water partition coefficient (Wildman–Crippen LogP) is 3.58. The van der Waals surface area contributed by atoms with Crippen molar-refractivity contribution in [3.8, 4) is 5.75 Å². The van der Waals surface area contributed by atoms with E-state index in [2.05, 4.69) is 45.9 Å². The van der Waals surface area contributed by atoms with Gasteiger partial charge in [-0.05, 0) is 24.8 Å². The Kier molecular flexibility index (Phi) is 3.17. The molecule has 0 saturated heterocycles. The zero-order valence-electron chi connectivity index (χ0n) is 11.3. The number of rotatable bonds is 1. The molecule has 0 fully saturated rings. The molecule has 0 spiro atoms. The standard InChI is InChI=1S/C15H23NO/c1-10-5-6-14-12(7-10)13(16)8-11(17-14)9-15(2,3)4/h5-7,11,13H,8-9,16H2,1-4H3/t11?,13-/m1/s1. The Labute approximate surface area is 104 Å². The topological polar surface area (TPSA) is 35.2 Å². The molecule has 2 heteroatoms. The first-order valence-corrected chi connectivity index (χ1v) is 6.38. The van der Waals surface area contributed by atoms with Crippen molar-refractivity contribution < 1.29 is 4.74 Å². The van der Waals surface area contributed by atoms with Crippen LogP contribution in [0.4, 0.5) is 0 Å². The Balaban J connectivity index is 2.19. The van der Waals surface area contributed by atoms with Crippen molar-refractivity contribution in [3.63, 3.8) is 0 Å². The van der Waals surface area contributed by atoms with Crippen molar-refractivity contribution in [1.29, 1.82) is 0 Å². The van der Waals surface area contributed by atoms with Crippen molar-refractivity contribution in [2.24, 2.45) is 11.1 Å². The van der Waals surface area contributed by atoms with E-state index >= 15 is 0 Å². The Morgan fingerprint density at radius 1 is 1.35 bits per heavy atom. The van der Waals surface area contributed by atoms with Gasteiger partial charge in [0.25, 0.3) is 0 Å². The van der Waals surface area contributed by atoms with Crippen molar-refractivity contribution >= 4 is 0 Å². The van der Waals surface area contributed by atoms with Crippen molar-refractivity contribution in [2.45, 2.75) is 52.7 Å². The van der Waals surface area contributed by atoms with E-state index in [4.69, 9.17) is 10.5 Å². The number of nitrogens with two attached hydrogens (primary N) is 1. The lowest BCUT2D eigenvalue weighted by Gasteiger charge is -2.34. The largest absolute Gasteiger partial charge is 0.490 e. The first-order chi connectivity index (χ1) is 7.85.